The number of hydrogen-bond acceptors (Lipinski definition) is 6. The van der Waals surface area contributed by atoms with E-state index in [1.54, 1.807) is 18.4 Å². The lowest BCUT2D eigenvalue weighted by Crippen LogP contribution is -2.22. The van der Waals surface area contributed by atoms with E-state index in [2.05, 4.69) is 28.0 Å². The van der Waals surface area contributed by atoms with Gasteiger partial charge in [-0.15, -0.1) is 11.3 Å². The molecular weight excluding hydrogens is 310 g/mol. The van der Waals surface area contributed by atoms with Crippen LogP contribution in [0.5, 0.6) is 5.75 Å². The number of benzene rings is 1. The van der Waals surface area contributed by atoms with Gasteiger partial charge in [-0.2, -0.15) is 4.98 Å². The maximum atomic E-state index is 5.37. The number of ether oxygens (including phenoxy) is 1. The van der Waals surface area contributed by atoms with E-state index < -0.39 is 0 Å². The molecule has 0 saturated carbocycles. The molecule has 0 saturated heterocycles. The molecule has 0 aliphatic heterocycles. The molecule has 2 heterocycles. The highest BCUT2D eigenvalue weighted by Gasteiger charge is 2.16. The maximum absolute atomic E-state index is 5.37. The number of hydrogen-bond donors (Lipinski definition) is 0. The Balaban J connectivity index is 1.69. The molecule has 0 spiro atoms. The molecule has 5 nitrogen and oxygen atoms in total. The van der Waals surface area contributed by atoms with Crippen LogP contribution in [0.2, 0.25) is 0 Å². The third kappa shape index (κ3) is 3.60. The van der Waals surface area contributed by atoms with E-state index in [9.17, 15) is 0 Å². The van der Waals surface area contributed by atoms with Crippen LogP contribution in [0.15, 0.2) is 46.3 Å². The molecule has 0 aliphatic carbocycles. The lowest BCUT2D eigenvalue weighted by Gasteiger charge is -2.23. The average Bonchev–Trinajstić information content (AvgIpc) is 3.25. The first-order chi connectivity index (χ1) is 11.2. The summed E-state index contributed by atoms with van der Waals surface area (Å²) < 4.78 is 10.7. The van der Waals surface area contributed by atoms with E-state index in [0.29, 0.717) is 18.3 Å². The monoisotopic (exact) mass is 329 g/mol. The van der Waals surface area contributed by atoms with Gasteiger partial charge in [0.2, 0.25) is 11.7 Å². The van der Waals surface area contributed by atoms with Crippen molar-refractivity contribution >= 4 is 11.3 Å². The predicted octanol–water partition coefficient (Wildman–Crippen LogP) is 4.00. The Morgan fingerprint density at radius 1 is 1.30 bits per heavy atom. The summed E-state index contributed by atoms with van der Waals surface area (Å²) in [6, 6.07) is 12.3. The summed E-state index contributed by atoms with van der Waals surface area (Å²) in [7, 11) is 3.72. The Labute approximate surface area is 139 Å². The second-order valence-corrected chi connectivity index (χ2v) is 6.30. The van der Waals surface area contributed by atoms with Crippen LogP contribution in [-0.2, 0) is 6.54 Å². The molecule has 0 unspecified atom stereocenters. The molecule has 0 N–H and O–H groups in total. The highest BCUT2D eigenvalue weighted by molar-refractivity contribution is 7.13. The summed E-state index contributed by atoms with van der Waals surface area (Å²) in [5, 5.41) is 6.05. The van der Waals surface area contributed by atoms with Gasteiger partial charge < -0.3 is 9.26 Å². The fourth-order valence-electron chi connectivity index (χ4n) is 2.33. The molecule has 0 amide bonds. The first-order valence-electron chi connectivity index (χ1n) is 7.38. The van der Waals surface area contributed by atoms with Crippen molar-refractivity contribution in [2.24, 2.45) is 0 Å². The zero-order valence-corrected chi connectivity index (χ0v) is 14.2. The van der Waals surface area contributed by atoms with Gasteiger partial charge in [-0.25, -0.2) is 0 Å². The summed E-state index contributed by atoms with van der Waals surface area (Å²) >= 11 is 1.60. The second kappa shape index (κ2) is 6.93. The number of rotatable bonds is 6. The Morgan fingerprint density at radius 3 is 2.91 bits per heavy atom. The minimum atomic E-state index is 0.210. The van der Waals surface area contributed by atoms with Gasteiger partial charge in [0.25, 0.3) is 0 Å². The van der Waals surface area contributed by atoms with E-state index >= 15 is 0 Å². The van der Waals surface area contributed by atoms with Crippen LogP contribution in [-0.4, -0.2) is 29.2 Å². The molecule has 120 valence electrons. The molecular formula is C17H19N3O2S. The van der Waals surface area contributed by atoms with Crippen molar-refractivity contribution in [1.29, 1.82) is 0 Å². The zero-order chi connectivity index (χ0) is 16.2. The van der Waals surface area contributed by atoms with Crippen molar-refractivity contribution in [3.8, 4) is 16.5 Å². The second-order valence-electron chi connectivity index (χ2n) is 5.36. The Bertz CT molecular complexity index is 755. The maximum Gasteiger partial charge on any atom is 0.241 e. The number of nitrogens with zero attached hydrogens (tertiary/aromatic N) is 3. The average molecular weight is 329 g/mol. The first-order valence-corrected chi connectivity index (χ1v) is 8.26. The number of aromatic nitrogens is 2. The Hall–Kier alpha value is -2.18. The fourth-order valence-corrected chi connectivity index (χ4v) is 2.98. The van der Waals surface area contributed by atoms with Gasteiger partial charge in [-0.05, 0) is 43.1 Å². The van der Waals surface area contributed by atoms with Crippen molar-refractivity contribution in [2.75, 3.05) is 14.2 Å². The largest absolute Gasteiger partial charge is 0.497 e. The molecule has 3 aromatic rings. The van der Waals surface area contributed by atoms with Crippen molar-refractivity contribution < 1.29 is 9.26 Å². The smallest absolute Gasteiger partial charge is 0.241 e. The van der Waals surface area contributed by atoms with Gasteiger partial charge in [0.1, 0.15) is 5.75 Å². The number of methoxy groups -OCH3 is 1. The summed E-state index contributed by atoms with van der Waals surface area (Å²) in [6.07, 6.45) is 0. The molecule has 0 radical (unpaired) electrons. The molecule has 1 aromatic carbocycles. The topological polar surface area (TPSA) is 51.4 Å². The van der Waals surface area contributed by atoms with Crippen LogP contribution in [0.1, 0.15) is 24.4 Å². The molecule has 6 heteroatoms. The minimum absolute atomic E-state index is 0.210. The van der Waals surface area contributed by atoms with E-state index in [4.69, 9.17) is 9.26 Å². The summed E-state index contributed by atoms with van der Waals surface area (Å²) in [5.74, 6) is 2.13. The first kappa shape index (κ1) is 15.7. The van der Waals surface area contributed by atoms with Gasteiger partial charge in [0.15, 0.2) is 0 Å². The Morgan fingerprint density at radius 2 is 2.17 bits per heavy atom. The third-order valence-electron chi connectivity index (χ3n) is 3.83. The van der Waals surface area contributed by atoms with E-state index in [1.807, 2.05) is 42.8 Å². The number of thiophene rings is 1. The molecule has 1 atom stereocenters. The normalized spacial score (nSPS) is 12.5. The molecule has 3 rings (SSSR count). The fraction of sp³-hybridized carbons (Fsp3) is 0.294. The molecule has 0 aliphatic rings. The molecule has 0 fully saturated rings. The summed E-state index contributed by atoms with van der Waals surface area (Å²) in [6.45, 7) is 2.74. The quantitative estimate of drug-likeness (QED) is 0.684. The summed E-state index contributed by atoms with van der Waals surface area (Å²) in [5.41, 5.74) is 1.19. The highest BCUT2D eigenvalue weighted by atomic mass is 32.1. The lowest BCUT2D eigenvalue weighted by molar-refractivity contribution is 0.216. The van der Waals surface area contributed by atoms with E-state index in [-0.39, 0.29) is 6.04 Å². The van der Waals surface area contributed by atoms with Crippen LogP contribution in [0.3, 0.4) is 0 Å². The van der Waals surface area contributed by atoms with Gasteiger partial charge in [-0.1, -0.05) is 23.4 Å². The van der Waals surface area contributed by atoms with Crippen molar-refractivity contribution in [1.82, 2.24) is 15.0 Å². The molecule has 2 aromatic heterocycles. The van der Waals surface area contributed by atoms with Gasteiger partial charge in [-0.3, -0.25) is 4.90 Å². The van der Waals surface area contributed by atoms with Crippen molar-refractivity contribution in [3.05, 3.63) is 53.2 Å². The van der Waals surface area contributed by atoms with Crippen LogP contribution in [0, 0.1) is 0 Å². The van der Waals surface area contributed by atoms with Gasteiger partial charge in [0, 0.05) is 6.04 Å². The van der Waals surface area contributed by atoms with Gasteiger partial charge in [0.05, 0.1) is 18.5 Å². The van der Waals surface area contributed by atoms with Crippen molar-refractivity contribution in [3.63, 3.8) is 0 Å². The van der Waals surface area contributed by atoms with Crippen molar-refractivity contribution in [2.45, 2.75) is 19.5 Å². The zero-order valence-electron chi connectivity index (χ0n) is 13.4. The minimum Gasteiger partial charge on any atom is -0.497 e. The summed E-state index contributed by atoms with van der Waals surface area (Å²) in [4.78, 5) is 7.65. The van der Waals surface area contributed by atoms with Crippen LogP contribution in [0.25, 0.3) is 10.7 Å². The van der Waals surface area contributed by atoms with Gasteiger partial charge >= 0.3 is 0 Å². The predicted molar refractivity (Wildman–Crippen MR) is 90.5 cm³/mol. The molecule has 23 heavy (non-hydrogen) atoms. The molecule has 0 bridgehead atoms. The standard InChI is InChI=1S/C17H19N3O2S/c1-12(13-6-4-7-14(10-13)21-3)20(2)11-16-18-17(19-22-16)15-8-5-9-23-15/h4-10,12H,11H2,1-3H3/t12-/m1/s1. The van der Waals surface area contributed by atoms with Crippen LogP contribution >= 0.6 is 11.3 Å². The van der Waals surface area contributed by atoms with E-state index in [1.165, 1.54) is 5.56 Å². The lowest BCUT2D eigenvalue weighted by atomic mass is 10.1. The highest BCUT2D eigenvalue weighted by Crippen LogP contribution is 2.25. The Kier molecular flexibility index (Phi) is 4.73. The van der Waals surface area contributed by atoms with Crippen LogP contribution in [0.4, 0.5) is 0 Å². The SMILES string of the molecule is COc1cccc([C@@H](C)N(C)Cc2nc(-c3cccs3)no2)c1. The third-order valence-corrected chi connectivity index (χ3v) is 4.70. The van der Waals surface area contributed by atoms with Crippen LogP contribution < -0.4 is 4.74 Å². The van der Waals surface area contributed by atoms with E-state index in [0.717, 1.165) is 10.6 Å².